The standard InChI is InChI=1S/C22H19NO7.C20H20N2O4.C20H17NO6.C4H6O3/c1-13(24)28-12-17-16-10-7-11-18(30-15-8-5-4-6-9-15)19(16)21(29-14(2)25)20(23-17)22(26)27-3;1-22(2)12-15-14-10-7-11-16(26-13-8-5-4-6-9-13)17(14)19(23)18(21-15)20(24)25-3;1-12(22)26-11-15-14-9-6-10-16(27-13-7-4-3-5-8-13)17(14)19(23)18(21-15)20(24)25-2;1-3(5)7-4(2)6/h4-11H,12H2,1-3H3;4-11,23H,12H2,1-3H3;3-10,23H,11H2,1-2H3;1-2H3. The average Bonchev–Trinajstić information content (AvgIpc) is 0.929. The van der Waals surface area contributed by atoms with E-state index in [0.29, 0.717) is 74.0 Å². The molecule has 24 heteroatoms. The number of carbonyl (C=O) groups is 8. The van der Waals surface area contributed by atoms with Gasteiger partial charge in [-0.15, -0.1) is 0 Å². The minimum Gasteiger partial charge on any atom is -0.505 e. The van der Waals surface area contributed by atoms with Gasteiger partial charge in [-0.3, -0.25) is 24.0 Å². The second kappa shape index (κ2) is 32.3. The van der Waals surface area contributed by atoms with Gasteiger partial charge in [0, 0.05) is 57.3 Å². The van der Waals surface area contributed by atoms with Crippen LogP contribution in [0, 0.1) is 0 Å². The summed E-state index contributed by atoms with van der Waals surface area (Å²) < 4.78 is 51.5. The third-order valence-electron chi connectivity index (χ3n) is 12.0. The molecule has 9 aromatic rings. The molecule has 0 saturated carbocycles. The highest BCUT2D eigenvalue weighted by Crippen LogP contribution is 2.43. The third-order valence-corrected chi connectivity index (χ3v) is 12.0. The number of nitrogens with zero attached hydrogens (tertiary/aromatic N) is 4. The fraction of sp³-hybridized carbons (Fsp3) is 0.197. The van der Waals surface area contributed by atoms with Crippen molar-refractivity contribution in [2.45, 2.75) is 54.4 Å². The lowest BCUT2D eigenvalue weighted by atomic mass is 10.1. The van der Waals surface area contributed by atoms with Gasteiger partial charge in [0.2, 0.25) is 0 Å². The van der Waals surface area contributed by atoms with Gasteiger partial charge in [-0.2, -0.15) is 0 Å². The van der Waals surface area contributed by atoms with E-state index in [2.05, 4.69) is 19.7 Å². The van der Waals surface area contributed by atoms with Crippen molar-refractivity contribution in [3.8, 4) is 51.7 Å². The Bertz CT molecular complexity index is 4080. The second-order valence-electron chi connectivity index (χ2n) is 19.0. The van der Waals surface area contributed by atoms with Crippen LogP contribution in [0.2, 0.25) is 0 Å². The van der Waals surface area contributed by atoms with Crippen LogP contribution in [0.1, 0.15) is 83.2 Å². The Morgan fingerprint density at radius 2 is 0.733 bits per heavy atom. The molecule has 466 valence electrons. The van der Waals surface area contributed by atoms with E-state index in [1.165, 1.54) is 55.9 Å². The summed E-state index contributed by atoms with van der Waals surface area (Å²) in [6, 6.07) is 42.8. The normalized spacial score (nSPS) is 10.3. The minimum atomic E-state index is -0.813. The molecule has 0 radical (unpaired) electrons. The van der Waals surface area contributed by atoms with Gasteiger partial charge in [0.05, 0.1) is 54.6 Å². The number of methoxy groups -OCH3 is 3. The first-order chi connectivity index (χ1) is 43.0. The molecule has 0 unspecified atom stereocenters. The zero-order valence-corrected chi connectivity index (χ0v) is 50.5. The molecule has 0 aliphatic carbocycles. The number of rotatable bonds is 16. The maximum absolute atomic E-state index is 12.4. The molecule has 2 N–H and O–H groups in total. The molecular formula is C66H62N4O20. The van der Waals surface area contributed by atoms with Crippen molar-refractivity contribution in [3.05, 3.63) is 180 Å². The smallest absolute Gasteiger partial charge is 0.360 e. The van der Waals surface area contributed by atoms with Crippen LogP contribution in [0.3, 0.4) is 0 Å². The Kier molecular flexibility index (Phi) is 24.2. The number of fused-ring (bicyclic) bond motifs is 3. The van der Waals surface area contributed by atoms with E-state index in [9.17, 15) is 48.6 Å². The van der Waals surface area contributed by atoms with Gasteiger partial charge in [0.1, 0.15) is 47.7 Å². The summed E-state index contributed by atoms with van der Waals surface area (Å²) in [6.07, 6.45) is 0. The highest BCUT2D eigenvalue weighted by atomic mass is 16.6. The Morgan fingerprint density at radius 1 is 0.400 bits per heavy atom. The number of benzene rings is 6. The molecule has 0 aliphatic rings. The van der Waals surface area contributed by atoms with Gasteiger partial charge < -0.3 is 62.5 Å². The molecule has 3 heterocycles. The molecule has 6 aromatic carbocycles. The highest BCUT2D eigenvalue weighted by Gasteiger charge is 2.28. The van der Waals surface area contributed by atoms with E-state index < -0.39 is 47.8 Å². The van der Waals surface area contributed by atoms with Crippen LogP contribution in [0.15, 0.2) is 146 Å². The molecule has 24 nitrogen and oxygen atoms in total. The van der Waals surface area contributed by atoms with Gasteiger partial charge in [-0.05, 0) is 68.7 Å². The van der Waals surface area contributed by atoms with Gasteiger partial charge in [0.25, 0.3) is 0 Å². The number of pyridine rings is 3. The van der Waals surface area contributed by atoms with Gasteiger partial charge in [0.15, 0.2) is 34.3 Å². The van der Waals surface area contributed by atoms with Crippen LogP contribution in [0.25, 0.3) is 32.3 Å². The molecule has 0 spiro atoms. The first-order valence-corrected chi connectivity index (χ1v) is 27.0. The molecule has 3 aromatic heterocycles. The lowest BCUT2D eigenvalue weighted by molar-refractivity contribution is -0.156. The first-order valence-electron chi connectivity index (χ1n) is 27.0. The number of hydrogen-bond acceptors (Lipinski definition) is 24. The molecule has 0 atom stereocenters. The summed E-state index contributed by atoms with van der Waals surface area (Å²) in [6.45, 7) is 6.25. The van der Waals surface area contributed by atoms with Crippen molar-refractivity contribution >= 4 is 80.1 Å². The van der Waals surface area contributed by atoms with Crippen molar-refractivity contribution in [1.29, 1.82) is 0 Å². The Balaban J connectivity index is 0.000000204. The second-order valence-corrected chi connectivity index (χ2v) is 19.0. The van der Waals surface area contributed by atoms with E-state index >= 15 is 0 Å². The van der Waals surface area contributed by atoms with Crippen molar-refractivity contribution < 1.29 is 95.9 Å². The number of para-hydroxylation sites is 3. The summed E-state index contributed by atoms with van der Waals surface area (Å²) in [5.74, 6) is -2.98. The number of esters is 8. The van der Waals surface area contributed by atoms with E-state index in [-0.39, 0.29) is 58.6 Å². The largest absolute Gasteiger partial charge is 0.505 e. The van der Waals surface area contributed by atoms with Crippen LogP contribution >= 0.6 is 0 Å². The molecule has 0 fully saturated rings. The lowest BCUT2D eigenvalue weighted by Crippen LogP contribution is -2.15. The highest BCUT2D eigenvalue weighted by molar-refractivity contribution is 6.06. The molecule has 90 heavy (non-hydrogen) atoms. The molecule has 9 rings (SSSR count). The van der Waals surface area contributed by atoms with Crippen LogP contribution in [0.4, 0.5) is 0 Å². The Labute approximate surface area is 515 Å². The van der Waals surface area contributed by atoms with Crippen molar-refractivity contribution in [2.75, 3.05) is 35.4 Å². The van der Waals surface area contributed by atoms with E-state index in [1.54, 1.807) is 78.9 Å². The number of carbonyl (C=O) groups excluding carboxylic acids is 8. The fourth-order valence-corrected chi connectivity index (χ4v) is 8.38. The monoisotopic (exact) mass is 1230 g/mol. The van der Waals surface area contributed by atoms with Crippen LogP contribution in [-0.4, -0.2) is 113 Å². The topological polar surface area (TPSA) is 311 Å². The van der Waals surface area contributed by atoms with E-state index in [1.807, 2.05) is 85.7 Å². The summed E-state index contributed by atoms with van der Waals surface area (Å²) in [7, 11) is 7.44. The van der Waals surface area contributed by atoms with Gasteiger partial charge in [-0.25, -0.2) is 29.3 Å². The fourth-order valence-electron chi connectivity index (χ4n) is 8.38. The Hall–Kier alpha value is -11.5. The summed E-state index contributed by atoms with van der Waals surface area (Å²) in [5.41, 5.74) is 0.609. The van der Waals surface area contributed by atoms with Crippen molar-refractivity contribution in [1.82, 2.24) is 19.9 Å². The quantitative estimate of drug-likeness (QED) is 0.0516. The molecule has 0 amide bonds. The summed E-state index contributed by atoms with van der Waals surface area (Å²) in [4.78, 5) is 105. The SMILES string of the molecule is CC(=O)OC(C)=O.COC(=O)c1nc(CN(C)C)c2cccc(Oc3ccccc3)c2c1O.COC(=O)c1nc(COC(C)=O)c2cccc(Oc3ccccc3)c2c1O.COC(=O)c1nc(COC(C)=O)c2cccc(Oc3ccccc3)c2c1OC(C)=O. The Morgan fingerprint density at radius 3 is 1.07 bits per heavy atom. The van der Waals surface area contributed by atoms with E-state index in [4.69, 9.17) is 42.6 Å². The maximum atomic E-state index is 12.4. The van der Waals surface area contributed by atoms with Gasteiger partial charge in [-0.1, -0.05) is 91.0 Å². The predicted octanol–water partition coefficient (Wildman–Crippen LogP) is 11.1. The maximum Gasteiger partial charge on any atom is 0.360 e. The summed E-state index contributed by atoms with van der Waals surface area (Å²) >= 11 is 0. The number of aromatic nitrogens is 3. The first kappa shape index (κ1) is 67.6. The molecular weight excluding hydrogens is 1170 g/mol. The molecule has 0 aliphatic heterocycles. The molecule has 0 saturated heterocycles. The number of aromatic hydroxyl groups is 2. The molecule has 0 bridgehead atoms. The minimum absolute atomic E-state index is 0.0949. The van der Waals surface area contributed by atoms with E-state index in [0.717, 1.165) is 5.39 Å². The number of ether oxygens (including phenoxy) is 10. The zero-order valence-electron chi connectivity index (χ0n) is 50.5. The average molecular weight is 1230 g/mol. The predicted molar refractivity (Wildman–Crippen MR) is 324 cm³/mol. The van der Waals surface area contributed by atoms with Crippen LogP contribution in [0.5, 0.6) is 51.7 Å². The van der Waals surface area contributed by atoms with Crippen molar-refractivity contribution in [2.24, 2.45) is 0 Å². The third kappa shape index (κ3) is 18.3. The zero-order chi connectivity index (χ0) is 65.6. The van der Waals surface area contributed by atoms with Crippen LogP contribution in [-0.2, 0) is 72.2 Å². The number of hydrogen-bond donors (Lipinski definition) is 2. The lowest BCUT2D eigenvalue weighted by Gasteiger charge is -2.17. The van der Waals surface area contributed by atoms with Crippen molar-refractivity contribution in [3.63, 3.8) is 0 Å². The van der Waals surface area contributed by atoms with Crippen LogP contribution < -0.4 is 18.9 Å². The summed E-state index contributed by atoms with van der Waals surface area (Å²) in [5, 5.41) is 24.1. The van der Waals surface area contributed by atoms with Gasteiger partial charge >= 0.3 is 47.8 Å².